The van der Waals surface area contributed by atoms with Gasteiger partial charge in [0.05, 0.1) is 31.8 Å². The molecule has 8 heteroatoms. The van der Waals surface area contributed by atoms with Crippen molar-refractivity contribution in [2.24, 2.45) is 11.8 Å². The molecule has 2 aromatic rings. The number of esters is 1. The number of carbonyl (C=O) groups is 2. The van der Waals surface area contributed by atoms with Crippen molar-refractivity contribution < 1.29 is 24.5 Å². The van der Waals surface area contributed by atoms with Gasteiger partial charge in [0.15, 0.2) is 0 Å². The maximum Gasteiger partial charge on any atom is 0.354 e. The van der Waals surface area contributed by atoms with Crippen LogP contribution in [-0.2, 0) is 27.5 Å². The van der Waals surface area contributed by atoms with Gasteiger partial charge in [0.25, 0.3) is 0 Å². The van der Waals surface area contributed by atoms with Crippen LogP contribution in [-0.4, -0.2) is 57.1 Å². The fraction of sp³-hybridized carbons (Fsp3) is 0.417. The van der Waals surface area contributed by atoms with E-state index >= 15 is 0 Å². The maximum absolute atomic E-state index is 12.7. The Morgan fingerprint density at radius 2 is 2.03 bits per heavy atom. The number of nitrogens with zero attached hydrogens (tertiary/aromatic N) is 2. The lowest BCUT2D eigenvalue weighted by molar-refractivity contribution is -0.163. The van der Waals surface area contributed by atoms with E-state index < -0.39 is 18.0 Å². The molecule has 1 saturated heterocycles. The van der Waals surface area contributed by atoms with Crippen LogP contribution in [0.15, 0.2) is 46.5 Å². The summed E-state index contributed by atoms with van der Waals surface area (Å²) in [5.74, 6) is -1.29. The van der Waals surface area contributed by atoms with Gasteiger partial charge in [-0.1, -0.05) is 31.2 Å². The molecule has 3 aliphatic rings. The van der Waals surface area contributed by atoms with Crippen LogP contribution < -0.4 is 0 Å². The van der Waals surface area contributed by atoms with E-state index in [0.717, 1.165) is 26.8 Å². The lowest BCUT2D eigenvalue weighted by Gasteiger charge is -2.46. The van der Waals surface area contributed by atoms with Crippen LogP contribution in [0.3, 0.4) is 0 Å². The number of hydrogen-bond acceptors (Lipinski definition) is 7. The first kappa shape index (κ1) is 21.5. The van der Waals surface area contributed by atoms with Crippen molar-refractivity contribution in [1.29, 1.82) is 0 Å². The zero-order valence-electron chi connectivity index (χ0n) is 18.2. The summed E-state index contributed by atoms with van der Waals surface area (Å²) < 4.78 is 7.20. The van der Waals surface area contributed by atoms with Crippen LogP contribution in [0.2, 0.25) is 0 Å². The summed E-state index contributed by atoms with van der Waals surface area (Å²) in [5, 5.41) is 22.1. The molecule has 2 aromatic carbocycles. The normalized spacial score (nSPS) is 25.7. The third-order valence-corrected chi connectivity index (χ3v) is 8.05. The molecule has 4 atom stereocenters. The van der Waals surface area contributed by atoms with E-state index in [1.807, 2.05) is 31.2 Å². The summed E-state index contributed by atoms with van der Waals surface area (Å²) in [7, 11) is 1.32. The molecular formula is C24H26N2O5S. The Kier molecular flexibility index (Phi) is 5.28. The fourth-order valence-electron chi connectivity index (χ4n) is 5.42. The van der Waals surface area contributed by atoms with Crippen LogP contribution in [0.1, 0.15) is 25.0 Å². The molecule has 0 radical (unpaired) electrons. The quantitative estimate of drug-likeness (QED) is 0.407. The number of carbonyl (C=O) groups excluding carboxylic acids is 2. The molecule has 2 N–H and O–H groups in total. The van der Waals surface area contributed by atoms with Crippen molar-refractivity contribution in [2.45, 2.75) is 44.0 Å². The summed E-state index contributed by atoms with van der Waals surface area (Å²) in [5.41, 5.74) is 3.29. The average Bonchev–Trinajstić information content (AvgIpc) is 3.29. The highest BCUT2D eigenvalue weighted by Crippen LogP contribution is 2.49. The number of amides is 1. The predicted molar refractivity (Wildman–Crippen MR) is 120 cm³/mol. The van der Waals surface area contributed by atoms with Gasteiger partial charge in [-0.25, -0.2) is 9.10 Å². The Hall–Kier alpha value is -2.39. The summed E-state index contributed by atoms with van der Waals surface area (Å²) in [6.07, 6.45) is -0.766. The second kappa shape index (κ2) is 7.88. The third kappa shape index (κ3) is 3.01. The molecule has 3 heterocycles. The Labute approximate surface area is 190 Å². The molecule has 32 heavy (non-hydrogen) atoms. The molecule has 1 amide bonds. The van der Waals surface area contributed by atoms with Crippen molar-refractivity contribution >= 4 is 34.6 Å². The van der Waals surface area contributed by atoms with Gasteiger partial charge in [-0.05, 0) is 52.4 Å². The van der Waals surface area contributed by atoms with Crippen molar-refractivity contribution in [2.75, 3.05) is 13.7 Å². The first-order valence-electron chi connectivity index (χ1n) is 10.8. The van der Waals surface area contributed by atoms with Crippen molar-refractivity contribution in [3.63, 3.8) is 0 Å². The molecule has 3 aliphatic heterocycles. The number of ether oxygens (including phenoxy) is 1. The van der Waals surface area contributed by atoms with Gasteiger partial charge in [0, 0.05) is 23.9 Å². The molecule has 1 fully saturated rings. The van der Waals surface area contributed by atoms with Gasteiger partial charge >= 0.3 is 5.97 Å². The van der Waals surface area contributed by atoms with Crippen LogP contribution in [0.4, 0.5) is 0 Å². The number of β-lactam (4-membered cyclic amide) rings is 1. The van der Waals surface area contributed by atoms with Gasteiger partial charge in [-0.15, -0.1) is 0 Å². The maximum atomic E-state index is 12.7. The number of aliphatic hydroxyl groups is 2. The minimum absolute atomic E-state index is 0.0253. The summed E-state index contributed by atoms with van der Waals surface area (Å²) in [4.78, 5) is 28.0. The molecule has 7 nitrogen and oxygen atoms in total. The lowest BCUT2D eigenvalue weighted by atomic mass is 9.78. The van der Waals surface area contributed by atoms with Crippen LogP contribution in [0.25, 0.3) is 10.8 Å². The smallest absolute Gasteiger partial charge is 0.354 e. The Balaban J connectivity index is 1.48. The summed E-state index contributed by atoms with van der Waals surface area (Å²) >= 11 is 1.60. The van der Waals surface area contributed by atoms with Gasteiger partial charge in [-0.3, -0.25) is 4.79 Å². The van der Waals surface area contributed by atoms with E-state index in [1.165, 1.54) is 17.6 Å². The molecular weight excluding hydrogens is 428 g/mol. The second-order valence-corrected chi connectivity index (χ2v) is 9.86. The SMILES string of the molecule is COC(=O)C1=C(CN2Cc3c(cc(CO)c4ccccc34)S2)[C@H](C)C2C(C(C)O)C(=O)N12. The highest BCUT2D eigenvalue weighted by Gasteiger charge is 2.60. The number of rotatable bonds is 5. The first-order chi connectivity index (χ1) is 15.4. The van der Waals surface area contributed by atoms with Gasteiger partial charge in [-0.2, -0.15) is 0 Å². The third-order valence-electron chi connectivity index (χ3n) is 6.97. The Morgan fingerprint density at radius 3 is 2.69 bits per heavy atom. The Bertz CT molecular complexity index is 1160. The molecule has 3 unspecified atom stereocenters. The van der Waals surface area contributed by atoms with E-state index in [9.17, 15) is 19.8 Å². The van der Waals surface area contributed by atoms with Crippen LogP contribution >= 0.6 is 11.9 Å². The number of benzene rings is 2. The molecule has 168 valence electrons. The Morgan fingerprint density at radius 1 is 1.31 bits per heavy atom. The van der Waals surface area contributed by atoms with Gasteiger partial charge in [0.2, 0.25) is 5.91 Å². The zero-order chi connectivity index (χ0) is 22.7. The molecule has 0 aliphatic carbocycles. The van der Waals surface area contributed by atoms with Crippen LogP contribution in [0.5, 0.6) is 0 Å². The number of aliphatic hydroxyl groups excluding tert-OH is 2. The average molecular weight is 455 g/mol. The molecule has 0 saturated carbocycles. The largest absolute Gasteiger partial charge is 0.464 e. The number of fused-ring (bicyclic) bond motifs is 4. The minimum atomic E-state index is -0.766. The first-order valence-corrected chi connectivity index (χ1v) is 11.5. The number of methoxy groups -OCH3 is 1. The topological polar surface area (TPSA) is 90.3 Å². The zero-order valence-corrected chi connectivity index (χ0v) is 19.1. The molecule has 0 spiro atoms. The molecule has 0 bridgehead atoms. The van der Waals surface area contributed by atoms with Gasteiger partial charge in [0.1, 0.15) is 5.70 Å². The fourth-order valence-corrected chi connectivity index (χ4v) is 6.58. The highest BCUT2D eigenvalue weighted by atomic mass is 32.2. The van der Waals surface area contributed by atoms with E-state index in [-0.39, 0.29) is 24.5 Å². The molecule has 0 aromatic heterocycles. The van der Waals surface area contributed by atoms with Crippen molar-refractivity contribution in [1.82, 2.24) is 9.21 Å². The van der Waals surface area contributed by atoms with E-state index in [1.54, 1.807) is 18.9 Å². The van der Waals surface area contributed by atoms with E-state index in [4.69, 9.17) is 4.74 Å². The predicted octanol–water partition coefficient (Wildman–Crippen LogP) is 2.44. The standard InChI is InChI=1S/C24H26N2O5S/c1-12-17(22(24(30)31-3)26-21(12)20(13(2)28)23(26)29)9-25-10-18-16-7-5-4-6-15(16)14(11-27)8-19(18)32-25/h4-8,12-13,20-21,27-28H,9-11H2,1-3H3/t12-,13?,20?,21?/m0/s1. The van der Waals surface area contributed by atoms with Crippen molar-refractivity contribution in [3.8, 4) is 0 Å². The minimum Gasteiger partial charge on any atom is -0.464 e. The van der Waals surface area contributed by atoms with E-state index in [0.29, 0.717) is 18.8 Å². The van der Waals surface area contributed by atoms with E-state index in [2.05, 4.69) is 10.4 Å². The number of hydrogen-bond donors (Lipinski definition) is 2. The summed E-state index contributed by atoms with van der Waals surface area (Å²) in [6.45, 7) is 4.80. The monoisotopic (exact) mass is 454 g/mol. The molecule has 5 rings (SSSR count). The summed E-state index contributed by atoms with van der Waals surface area (Å²) in [6, 6.07) is 9.89. The highest BCUT2D eigenvalue weighted by molar-refractivity contribution is 7.97. The van der Waals surface area contributed by atoms with Crippen LogP contribution in [0, 0.1) is 11.8 Å². The lowest BCUT2D eigenvalue weighted by Crippen LogP contribution is -2.63. The second-order valence-electron chi connectivity index (χ2n) is 8.72. The van der Waals surface area contributed by atoms with Crippen molar-refractivity contribution in [3.05, 3.63) is 52.7 Å². The van der Waals surface area contributed by atoms with Gasteiger partial charge < -0.3 is 19.8 Å².